The van der Waals surface area contributed by atoms with E-state index in [0.717, 1.165) is 31.2 Å². The molecule has 0 saturated heterocycles. The van der Waals surface area contributed by atoms with Crippen LogP contribution in [0.15, 0.2) is 30.4 Å². The van der Waals surface area contributed by atoms with Crippen molar-refractivity contribution in [2.24, 2.45) is 28.6 Å². The molecule has 6 heteroatoms. The van der Waals surface area contributed by atoms with Gasteiger partial charge in [-0.25, -0.2) is 4.98 Å². The first-order valence-corrected chi connectivity index (χ1v) is 12.6. The van der Waals surface area contributed by atoms with Crippen molar-refractivity contribution in [2.75, 3.05) is 13.6 Å². The van der Waals surface area contributed by atoms with Gasteiger partial charge in [-0.3, -0.25) is 9.59 Å². The summed E-state index contributed by atoms with van der Waals surface area (Å²) in [7, 11) is 1.91. The lowest BCUT2D eigenvalue weighted by Crippen LogP contribution is -2.61. The van der Waals surface area contributed by atoms with Gasteiger partial charge in [-0.2, -0.15) is 0 Å². The number of aryl methyl sites for hydroxylation is 1. The molecule has 2 amide bonds. The number of nitrogens with one attached hydrogen (secondary N) is 1. The number of rotatable bonds is 5. The fourth-order valence-electron chi connectivity index (χ4n) is 8.02. The Labute approximate surface area is 191 Å². The molecular weight excluding hydrogens is 400 g/mol. The number of carbonyl (C=O) groups excluding carboxylic acids is 2. The maximum absolute atomic E-state index is 13.2. The molecule has 1 aromatic rings. The number of hydrogen-bond acceptors (Lipinski definition) is 3. The first-order chi connectivity index (χ1) is 15.3. The second-order valence-electron chi connectivity index (χ2n) is 11.3. The van der Waals surface area contributed by atoms with Crippen LogP contribution in [0.4, 0.5) is 0 Å². The van der Waals surface area contributed by atoms with Crippen molar-refractivity contribution < 1.29 is 9.59 Å². The smallest absolute Gasteiger partial charge is 0.259 e. The van der Waals surface area contributed by atoms with E-state index < -0.39 is 0 Å². The summed E-state index contributed by atoms with van der Waals surface area (Å²) in [5.41, 5.74) is 0.757. The maximum atomic E-state index is 13.2. The van der Waals surface area contributed by atoms with Crippen LogP contribution >= 0.6 is 0 Å². The molecule has 4 aliphatic rings. The molecular formula is C26H38N4O2. The minimum atomic E-state index is -0.212. The van der Waals surface area contributed by atoms with Gasteiger partial charge in [0, 0.05) is 44.0 Å². The van der Waals surface area contributed by atoms with Crippen LogP contribution in [-0.4, -0.2) is 45.9 Å². The van der Waals surface area contributed by atoms with Gasteiger partial charge < -0.3 is 14.8 Å². The Kier molecular flexibility index (Phi) is 5.45. The summed E-state index contributed by atoms with van der Waals surface area (Å²) in [6.07, 6.45) is 17.3. The maximum Gasteiger partial charge on any atom is 0.259 e. The summed E-state index contributed by atoms with van der Waals surface area (Å²) in [6.45, 7) is 6.21. The van der Waals surface area contributed by atoms with Gasteiger partial charge in [0.2, 0.25) is 0 Å². The monoisotopic (exact) mass is 438 g/mol. The molecule has 3 saturated carbocycles. The summed E-state index contributed by atoms with van der Waals surface area (Å²) in [5, 5.41) is 3.01. The van der Waals surface area contributed by atoms with E-state index in [1.165, 1.54) is 38.5 Å². The van der Waals surface area contributed by atoms with Gasteiger partial charge in [0.25, 0.3) is 11.8 Å². The van der Waals surface area contributed by atoms with Gasteiger partial charge in [-0.1, -0.05) is 26.3 Å². The quantitative estimate of drug-likeness (QED) is 0.562. The van der Waals surface area contributed by atoms with Crippen molar-refractivity contribution in [3.63, 3.8) is 0 Å². The summed E-state index contributed by atoms with van der Waals surface area (Å²) in [6, 6.07) is 0.208. The molecule has 0 bridgehead atoms. The van der Waals surface area contributed by atoms with Gasteiger partial charge in [0.1, 0.15) is 5.57 Å². The van der Waals surface area contributed by atoms with E-state index in [9.17, 15) is 9.59 Å². The highest BCUT2D eigenvalue weighted by Gasteiger charge is 2.59. The normalized spacial score (nSPS) is 38.5. The van der Waals surface area contributed by atoms with Crippen molar-refractivity contribution >= 4 is 11.8 Å². The number of aromatic nitrogens is 2. The lowest BCUT2D eigenvalue weighted by Gasteiger charge is -2.60. The molecule has 6 nitrogen and oxygen atoms in total. The van der Waals surface area contributed by atoms with Crippen LogP contribution in [-0.2, 0) is 16.1 Å². The molecule has 5 rings (SSSR count). The Morgan fingerprint density at radius 1 is 1.19 bits per heavy atom. The van der Waals surface area contributed by atoms with E-state index >= 15 is 0 Å². The minimum Gasteiger partial charge on any atom is -0.352 e. The zero-order chi connectivity index (χ0) is 22.5. The summed E-state index contributed by atoms with van der Waals surface area (Å²) >= 11 is 0. The number of amides is 2. The molecule has 0 aromatic carbocycles. The number of imidazole rings is 1. The van der Waals surface area contributed by atoms with Gasteiger partial charge >= 0.3 is 0 Å². The summed E-state index contributed by atoms with van der Waals surface area (Å²) in [4.78, 5) is 32.2. The van der Waals surface area contributed by atoms with Crippen LogP contribution in [0.3, 0.4) is 0 Å². The third-order valence-electron chi connectivity index (χ3n) is 9.66. The minimum absolute atomic E-state index is 0.112. The predicted molar refractivity (Wildman–Crippen MR) is 123 cm³/mol. The molecule has 0 spiro atoms. The zero-order valence-corrected chi connectivity index (χ0v) is 19.8. The molecule has 0 radical (unpaired) electrons. The highest BCUT2D eigenvalue weighted by atomic mass is 16.2. The molecule has 32 heavy (non-hydrogen) atoms. The largest absolute Gasteiger partial charge is 0.352 e. The number of carbonyl (C=O) groups is 2. The van der Waals surface area contributed by atoms with E-state index in [-0.39, 0.29) is 23.3 Å². The second kappa shape index (κ2) is 8.03. The van der Waals surface area contributed by atoms with Crippen molar-refractivity contribution in [3.8, 4) is 0 Å². The molecule has 1 aromatic heterocycles. The van der Waals surface area contributed by atoms with E-state index in [4.69, 9.17) is 0 Å². The zero-order valence-electron chi connectivity index (χ0n) is 19.8. The lowest BCUT2D eigenvalue weighted by molar-refractivity contribution is -0.141. The van der Waals surface area contributed by atoms with Crippen molar-refractivity contribution in [2.45, 2.75) is 77.8 Å². The van der Waals surface area contributed by atoms with Gasteiger partial charge in [-0.05, 0) is 68.1 Å². The third-order valence-corrected chi connectivity index (χ3v) is 9.66. The molecule has 3 fully saturated rings. The first-order valence-electron chi connectivity index (χ1n) is 12.6. The van der Waals surface area contributed by atoms with Crippen LogP contribution < -0.4 is 5.32 Å². The van der Waals surface area contributed by atoms with Crippen molar-refractivity contribution in [3.05, 3.63) is 30.4 Å². The third kappa shape index (κ3) is 3.41. The van der Waals surface area contributed by atoms with E-state index in [0.29, 0.717) is 23.5 Å². The average Bonchev–Trinajstić information content (AvgIpc) is 3.43. The fraction of sp³-hybridized carbons (Fsp3) is 0.731. The van der Waals surface area contributed by atoms with E-state index in [2.05, 4.69) is 30.2 Å². The van der Waals surface area contributed by atoms with E-state index in [1.54, 1.807) is 12.5 Å². The Hall–Kier alpha value is -2.11. The second-order valence-corrected chi connectivity index (χ2v) is 11.3. The number of fused-ring (bicyclic) bond motifs is 5. The molecule has 1 unspecified atom stereocenters. The van der Waals surface area contributed by atoms with E-state index in [1.807, 2.05) is 22.7 Å². The molecule has 174 valence electrons. The van der Waals surface area contributed by atoms with Crippen LogP contribution in [0.2, 0.25) is 0 Å². The Balaban J connectivity index is 1.34. The van der Waals surface area contributed by atoms with Crippen LogP contribution in [0.25, 0.3) is 0 Å². The Morgan fingerprint density at radius 2 is 2.03 bits per heavy atom. The van der Waals surface area contributed by atoms with Gasteiger partial charge in [0.15, 0.2) is 0 Å². The highest BCUT2D eigenvalue weighted by Crippen LogP contribution is 2.64. The van der Waals surface area contributed by atoms with Crippen molar-refractivity contribution in [1.82, 2.24) is 19.8 Å². The van der Waals surface area contributed by atoms with Crippen molar-refractivity contribution in [1.29, 1.82) is 0 Å². The molecule has 6 atom stereocenters. The summed E-state index contributed by atoms with van der Waals surface area (Å²) in [5.74, 6) is 1.79. The number of likely N-dealkylation sites (N-methyl/N-ethyl adjacent to an activating group) is 1. The number of hydrogen-bond donors (Lipinski definition) is 1. The Bertz CT molecular complexity index is 909. The van der Waals surface area contributed by atoms with Crippen LogP contribution in [0.5, 0.6) is 0 Å². The number of nitrogens with zero attached hydrogens (tertiary/aromatic N) is 3. The standard InChI is InChI=1S/C26H38N4O2/c1-25-10-4-6-20(25)18-7-8-22-26(2,21(18)9-11-25)16-19(24(32)29(22)3)23(31)28-12-5-14-30-15-13-27-17-30/h13,15-18,20-22H,4-12,14H2,1-3H3,(H,28,31)/t18-,20-,21+,22?,25-,26+/m0/s1. The first kappa shape index (κ1) is 21.7. The predicted octanol–water partition coefficient (Wildman–Crippen LogP) is 3.79. The SMILES string of the molecule is CN1C(=O)C(C(=O)NCCCn2ccnc2)=C[C@@]2(C)C1CC[C@@H]1[C@H]2CC[C@]2(C)CCC[C@@H]12. The topological polar surface area (TPSA) is 67.2 Å². The summed E-state index contributed by atoms with van der Waals surface area (Å²) < 4.78 is 2.00. The highest BCUT2D eigenvalue weighted by molar-refractivity contribution is 6.19. The molecule has 1 aliphatic heterocycles. The Morgan fingerprint density at radius 3 is 2.81 bits per heavy atom. The fourth-order valence-corrected chi connectivity index (χ4v) is 8.02. The van der Waals surface area contributed by atoms with Crippen LogP contribution in [0.1, 0.15) is 65.2 Å². The van der Waals surface area contributed by atoms with Gasteiger partial charge in [-0.15, -0.1) is 0 Å². The molecule has 1 N–H and O–H groups in total. The molecule has 3 aliphatic carbocycles. The lowest BCUT2D eigenvalue weighted by atomic mass is 9.48. The molecule has 2 heterocycles. The van der Waals surface area contributed by atoms with Crippen LogP contribution in [0, 0.1) is 28.6 Å². The van der Waals surface area contributed by atoms with Gasteiger partial charge in [0.05, 0.1) is 6.33 Å². The average molecular weight is 439 g/mol.